The molecule has 0 atom stereocenters. The molecule has 3 nitrogen and oxygen atoms in total. The third kappa shape index (κ3) is 5.29. The molecule has 0 unspecified atom stereocenters. The molecule has 4 bridgehead atoms. The Morgan fingerprint density at radius 3 is 2.00 bits per heavy atom. The number of para-hydroxylation sites is 1. The van der Waals surface area contributed by atoms with Crippen LogP contribution in [0.15, 0.2) is 54.1 Å². The zero-order valence-electron chi connectivity index (χ0n) is 26.8. The molecule has 0 saturated heterocycles. The lowest BCUT2D eigenvalue weighted by atomic mass is 9.48. The second-order valence-electron chi connectivity index (χ2n) is 14.8. The minimum absolute atomic E-state index is 0.142. The van der Waals surface area contributed by atoms with Crippen molar-refractivity contribution in [1.82, 2.24) is 4.98 Å². The van der Waals surface area contributed by atoms with Crippen LogP contribution in [0, 0.1) is 24.7 Å². The number of phenols is 1. The Hall–Kier alpha value is -3.07. The average molecular weight is 563 g/mol. The van der Waals surface area contributed by atoms with Crippen LogP contribution < -0.4 is 5.32 Å². The molecule has 0 amide bonds. The zero-order chi connectivity index (χ0) is 29.8. The summed E-state index contributed by atoms with van der Waals surface area (Å²) >= 11 is 0. The van der Waals surface area contributed by atoms with Gasteiger partial charge in [0.05, 0.1) is 17.9 Å². The van der Waals surface area contributed by atoms with Gasteiger partial charge in [0.25, 0.3) is 0 Å². The molecule has 7 rings (SSSR count). The summed E-state index contributed by atoms with van der Waals surface area (Å²) < 4.78 is 0. The van der Waals surface area contributed by atoms with Crippen LogP contribution >= 0.6 is 0 Å². The highest BCUT2D eigenvalue weighted by atomic mass is 16.3. The minimum atomic E-state index is 0.142. The summed E-state index contributed by atoms with van der Waals surface area (Å²) in [6.45, 7) is 16.2. The first-order valence-corrected chi connectivity index (χ1v) is 16.4. The number of allylic oxidation sites excluding steroid dienone is 1. The highest BCUT2D eigenvalue weighted by Crippen LogP contribution is 2.62. The monoisotopic (exact) mass is 562 g/mol. The number of hydrogen-bond donors (Lipinski definition) is 2. The van der Waals surface area contributed by atoms with E-state index in [1.807, 2.05) is 0 Å². The van der Waals surface area contributed by atoms with Crippen molar-refractivity contribution in [2.24, 2.45) is 17.8 Å². The average Bonchev–Trinajstić information content (AvgIpc) is 2.92. The first kappa shape index (κ1) is 29.0. The summed E-state index contributed by atoms with van der Waals surface area (Å²) in [5, 5.41) is 15.8. The van der Waals surface area contributed by atoms with E-state index in [0.717, 1.165) is 40.3 Å². The Balaban J connectivity index is 1.34. The van der Waals surface area contributed by atoms with E-state index in [-0.39, 0.29) is 5.41 Å². The molecule has 4 saturated carbocycles. The minimum Gasteiger partial charge on any atom is -0.507 e. The largest absolute Gasteiger partial charge is 0.507 e. The molecule has 1 aromatic heterocycles. The molecule has 0 aliphatic heterocycles. The first-order valence-electron chi connectivity index (χ1n) is 16.4. The van der Waals surface area contributed by atoms with E-state index in [0.29, 0.717) is 24.1 Å². The van der Waals surface area contributed by atoms with Gasteiger partial charge in [-0.15, -0.1) is 0 Å². The Morgan fingerprint density at radius 1 is 0.881 bits per heavy atom. The van der Waals surface area contributed by atoms with Gasteiger partial charge in [-0.05, 0) is 129 Å². The third-order valence-electron chi connectivity index (χ3n) is 10.5. The van der Waals surface area contributed by atoms with Gasteiger partial charge < -0.3 is 10.4 Å². The smallest absolute Gasteiger partial charge is 0.127 e. The summed E-state index contributed by atoms with van der Waals surface area (Å²) in [6, 6.07) is 17.5. The van der Waals surface area contributed by atoms with Crippen molar-refractivity contribution in [1.29, 1.82) is 0 Å². The first-order chi connectivity index (χ1) is 20.0. The maximum absolute atomic E-state index is 12.1. The topological polar surface area (TPSA) is 45.2 Å². The number of phenolic OH excluding ortho intramolecular Hbond substituents is 1. The standard InChI is InChI=1S/C39H50N2O/c1-23(2)31-11-9-12-32(24(3)4)37(31)40-22-30-10-8-13-35(41-30)36(25(5)6)33-14-26(7)15-34(38(33)42)39-19-27-16-28(20-39)18-29(17-27)21-39/h8-15,23-24,27-29,40,42H,16-22H2,1-7H3. The maximum Gasteiger partial charge on any atom is 0.127 e. The highest BCUT2D eigenvalue weighted by molar-refractivity contribution is 5.84. The van der Waals surface area contributed by atoms with Gasteiger partial charge in [-0.1, -0.05) is 63.6 Å². The number of rotatable bonds is 8. The van der Waals surface area contributed by atoms with Crippen LogP contribution in [0.4, 0.5) is 5.69 Å². The molecule has 3 aromatic rings. The molecule has 4 fully saturated rings. The van der Waals surface area contributed by atoms with Crippen LogP contribution in [0.3, 0.4) is 0 Å². The molecule has 0 radical (unpaired) electrons. The molecule has 4 aliphatic rings. The summed E-state index contributed by atoms with van der Waals surface area (Å²) in [5.74, 6) is 3.89. The number of aryl methyl sites for hydroxylation is 1. The fourth-order valence-electron chi connectivity index (χ4n) is 9.13. The number of nitrogens with one attached hydrogen (secondary N) is 1. The molecule has 2 N–H and O–H groups in total. The quantitative estimate of drug-likeness (QED) is 0.287. The molecule has 2 aromatic carbocycles. The predicted molar refractivity (Wildman–Crippen MR) is 176 cm³/mol. The lowest BCUT2D eigenvalue weighted by Gasteiger charge is -2.57. The van der Waals surface area contributed by atoms with Crippen molar-refractivity contribution in [3.05, 3.63) is 93.3 Å². The van der Waals surface area contributed by atoms with E-state index in [1.54, 1.807) is 0 Å². The fraction of sp³-hybridized carbons (Fsp3) is 0.513. The second kappa shape index (κ2) is 11.2. The highest BCUT2D eigenvalue weighted by Gasteiger charge is 2.52. The number of anilines is 1. The number of nitrogens with zero attached hydrogens (tertiary/aromatic N) is 1. The number of pyridine rings is 1. The Bertz CT molecular complexity index is 1450. The van der Waals surface area contributed by atoms with Crippen molar-refractivity contribution in [2.45, 2.75) is 111 Å². The van der Waals surface area contributed by atoms with Gasteiger partial charge in [0.15, 0.2) is 0 Å². The van der Waals surface area contributed by atoms with Gasteiger partial charge in [0, 0.05) is 22.4 Å². The van der Waals surface area contributed by atoms with Crippen LogP contribution in [0.2, 0.25) is 0 Å². The number of hydrogen-bond acceptors (Lipinski definition) is 3. The summed E-state index contributed by atoms with van der Waals surface area (Å²) in [6.07, 6.45) is 7.95. The van der Waals surface area contributed by atoms with Gasteiger partial charge in [0.2, 0.25) is 0 Å². The summed E-state index contributed by atoms with van der Waals surface area (Å²) in [7, 11) is 0. The fourth-order valence-corrected chi connectivity index (χ4v) is 9.13. The summed E-state index contributed by atoms with van der Waals surface area (Å²) in [5.41, 5.74) is 11.7. The molecule has 42 heavy (non-hydrogen) atoms. The number of aromatic hydroxyl groups is 1. The van der Waals surface area contributed by atoms with E-state index < -0.39 is 0 Å². The van der Waals surface area contributed by atoms with E-state index in [4.69, 9.17) is 4.98 Å². The van der Waals surface area contributed by atoms with Gasteiger partial charge in [0.1, 0.15) is 5.75 Å². The van der Waals surface area contributed by atoms with Crippen LogP contribution in [-0.2, 0) is 12.0 Å². The Morgan fingerprint density at radius 2 is 1.45 bits per heavy atom. The van der Waals surface area contributed by atoms with Gasteiger partial charge in [-0.2, -0.15) is 0 Å². The van der Waals surface area contributed by atoms with E-state index >= 15 is 0 Å². The van der Waals surface area contributed by atoms with Gasteiger partial charge in [-0.25, -0.2) is 0 Å². The molecular weight excluding hydrogens is 512 g/mol. The van der Waals surface area contributed by atoms with Crippen molar-refractivity contribution in [3.8, 4) is 5.75 Å². The molecule has 3 heteroatoms. The van der Waals surface area contributed by atoms with E-state index in [1.165, 1.54) is 72.0 Å². The van der Waals surface area contributed by atoms with Crippen LogP contribution in [0.25, 0.3) is 5.57 Å². The Kier molecular flexibility index (Phi) is 7.75. The lowest BCUT2D eigenvalue weighted by molar-refractivity contribution is -0.00617. The van der Waals surface area contributed by atoms with Crippen LogP contribution in [-0.4, -0.2) is 10.1 Å². The second-order valence-corrected chi connectivity index (χ2v) is 14.8. The molecule has 222 valence electrons. The van der Waals surface area contributed by atoms with Crippen molar-refractivity contribution in [3.63, 3.8) is 0 Å². The maximum atomic E-state index is 12.1. The van der Waals surface area contributed by atoms with Crippen molar-refractivity contribution < 1.29 is 5.11 Å². The molecule has 4 aliphatic carbocycles. The predicted octanol–water partition coefficient (Wildman–Crippen LogP) is 10.3. The lowest BCUT2D eigenvalue weighted by Crippen LogP contribution is -2.48. The van der Waals surface area contributed by atoms with Gasteiger partial charge >= 0.3 is 0 Å². The normalized spacial score (nSPS) is 24.5. The number of aromatic nitrogens is 1. The molecule has 0 spiro atoms. The van der Waals surface area contributed by atoms with E-state index in [9.17, 15) is 5.11 Å². The van der Waals surface area contributed by atoms with Crippen molar-refractivity contribution in [2.75, 3.05) is 5.32 Å². The zero-order valence-corrected chi connectivity index (χ0v) is 26.8. The Labute approximate surface area is 253 Å². The molecular formula is C39H50N2O. The molecule has 1 heterocycles. The van der Waals surface area contributed by atoms with E-state index in [2.05, 4.69) is 102 Å². The van der Waals surface area contributed by atoms with Crippen LogP contribution in [0.1, 0.15) is 131 Å². The van der Waals surface area contributed by atoms with Crippen LogP contribution in [0.5, 0.6) is 5.75 Å². The van der Waals surface area contributed by atoms with Crippen molar-refractivity contribution >= 4 is 11.3 Å². The SMILES string of the molecule is CC(C)=C(c1cccc(CNc2c(C(C)C)cccc2C(C)C)n1)c1cc(C)cc(C23CC4CC(CC(C4)C2)C3)c1O. The summed E-state index contributed by atoms with van der Waals surface area (Å²) in [4.78, 5) is 5.20. The third-order valence-corrected chi connectivity index (χ3v) is 10.5. The number of benzene rings is 2. The van der Waals surface area contributed by atoms with Gasteiger partial charge in [-0.3, -0.25) is 4.98 Å².